The number of aliphatic carboxylic acids is 1. The van der Waals surface area contributed by atoms with Crippen LogP contribution in [0.5, 0.6) is 0 Å². The Hall–Kier alpha value is -1.36. The van der Waals surface area contributed by atoms with E-state index in [-0.39, 0.29) is 5.91 Å². The molecule has 1 rings (SSSR count). The molecule has 0 aliphatic rings. The lowest BCUT2D eigenvalue weighted by atomic mass is 9.89. The van der Waals surface area contributed by atoms with Crippen molar-refractivity contribution in [2.24, 2.45) is 5.41 Å². The molecule has 1 unspecified atom stereocenters. The van der Waals surface area contributed by atoms with E-state index in [1.165, 1.54) is 11.3 Å². The number of rotatable bonds is 5. The fourth-order valence-electron chi connectivity index (χ4n) is 1.20. The largest absolute Gasteiger partial charge is 0.479 e. The van der Waals surface area contributed by atoms with E-state index in [9.17, 15) is 9.59 Å². The minimum atomic E-state index is -1.03. The van der Waals surface area contributed by atoms with Crippen molar-refractivity contribution in [2.75, 3.05) is 0 Å². The third-order valence-corrected chi connectivity index (χ3v) is 3.79. The summed E-state index contributed by atoms with van der Waals surface area (Å²) in [5.41, 5.74) is -0.551. The fourth-order valence-corrected chi connectivity index (χ4v) is 1.96. The Balaban J connectivity index is 2.83. The van der Waals surface area contributed by atoms with Gasteiger partial charge in [0, 0.05) is 10.3 Å². The van der Waals surface area contributed by atoms with Crippen molar-refractivity contribution >= 4 is 23.2 Å². The minimum absolute atomic E-state index is 0.235. The monoisotopic (exact) mass is 255 g/mol. The highest BCUT2D eigenvalue weighted by Gasteiger charge is 2.30. The summed E-state index contributed by atoms with van der Waals surface area (Å²) in [5, 5.41) is 13.5. The molecule has 0 saturated carbocycles. The molecule has 1 aromatic rings. The van der Waals surface area contributed by atoms with Gasteiger partial charge in [0.15, 0.2) is 6.04 Å². The van der Waals surface area contributed by atoms with Gasteiger partial charge in [-0.15, -0.1) is 11.3 Å². The van der Waals surface area contributed by atoms with E-state index in [1.54, 1.807) is 31.4 Å². The molecule has 2 N–H and O–H groups in total. The van der Waals surface area contributed by atoms with Gasteiger partial charge >= 0.3 is 5.97 Å². The van der Waals surface area contributed by atoms with Crippen LogP contribution in [0, 0.1) is 5.41 Å². The van der Waals surface area contributed by atoms with Crippen LogP contribution in [0.3, 0.4) is 0 Å². The molecule has 0 aliphatic carbocycles. The fraction of sp³-hybridized carbons (Fsp3) is 0.500. The van der Waals surface area contributed by atoms with Gasteiger partial charge in [0.1, 0.15) is 0 Å². The second-order valence-electron chi connectivity index (χ2n) is 4.50. The summed E-state index contributed by atoms with van der Waals surface area (Å²) < 4.78 is 0. The number of amides is 1. The maximum absolute atomic E-state index is 11.9. The van der Waals surface area contributed by atoms with Gasteiger partial charge in [0.05, 0.1) is 0 Å². The smallest absolute Gasteiger partial charge is 0.331 e. The molecule has 0 spiro atoms. The number of thiophene rings is 1. The van der Waals surface area contributed by atoms with E-state index in [1.807, 2.05) is 6.92 Å². The first-order valence-corrected chi connectivity index (χ1v) is 6.33. The van der Waals surface area contributed by atoms with Crippen molar-refractivity contribution in [2.45, 2.75) is 33.2 Å². The van der Waals surface area contributed by atoms with E-state index in [2.05, 4.69) is 5.32 Å². The number of hydrogen-bond donors (Lipinski definition) is 2. The summed E-state index contributed by atoms with van der Waals surface area (Å²) in [7, 11) is 0. The van der Waals surface area contributed by atoms with E-state index in [0.29, 0.717) is 11.3 Å². The highest BCUT2D eigenvalue weighted by molar-refractivity contribution is 7.10. The molecule has 1 aromatic heterocycles. The van der Waals surface area contributed by atoms with Crippen LogP contribution in [0.25, 0.3) is 0 Å². The topological polar surface area (TPSA) is 66.4 Å². The van der Waals surface area contributed by atoms with E-state index >= 15 is 0 Å². The summed E-state index contributed by atoms with van der Waals surface area (Å²) in [5.74, 6) is -1.27. The molecule has 0 bridgehead atoms. The van der Waals surface area contributed by atoms with Crippen molar-refractivity contribution in [3.63, 3.8) is 0 Å². The van der Waals surface area contributed by atoms with Gasteiger partial charge in [-0.2, -0.15) is 0 Å². The third kappa shape index (κ3) is 3.30. The van der Waals surface area contributed by atoms with E-state index < -0.39 is 17.4 Å². The Morgan fingerprint density at radius 2 is 2.18 bits per heavy atom. The summed E-state index contributed by atoms with van der Waals surface area (Å²) in [6.07, 6.45) is 0.662. The predicted molar refractivity (Wildman–Crippen MR) is 66.9 cm³/mol. The van der Waals surface area contributed by atoms with Gasteiger partial charge in [-0.3, -0.25) is 4.79 Å². The summed E-state index contributed by atoms with van der Waals surface area (Å²) in [4.78, 5) is 23.7. The van der Waals surface area contributed by atoms with Gasteiger partial charge in [0.25, 0.3) is 0 Å². The Morgan fingerprint density at radius 1 is 1.53 bits per heavy atom. The average Bonchev–Trinajstić information content (AvgIpc) is 2.78. The van der Waals surface area contributed by atoms with Crippen molar-refractivity contribution in [1.29, 1.82) is 0 Å². The van der Waals surface area contributed by atoms with Gasteiger partial charge in [-0.1, -0.05) is 26.8 Å². The first-order valence-electron chi connectivity index (χ1n) is 5.45. The standard InChI is InChI=1S/C12H17NO3S/c1-4-12(2,3)11(16)13-9(10(14)15)8-6-5-7-17-8/h5-7,9H,4H2,1-3H3,(H,13,16)(H,14,15). The van der Waals surface area contributed by atoms with E-state index in [0.717, 1.165) is 0 Å². The van der Waals surface area contributed by atoms with Gasteiger partial charge in [-0.25, -0.2) is 4.79 Å². The Labute approximate surface area is 105 Å². The number of hydrogen-bond acceptors (Lipinski definition) is 3. The Morgan fingerprint density at radius 3 is 2.59 bits per heavy atom. The number of carboxylic acids is 1. The third-order valence-electron chi connectivity index (χ3n) is 2.85. The lowest BCUT2D eigenvalue weighted by molar-refractivity contribution is -0.143. The van der Waals surface area contributed by atoms with Crippen molar-refractivity contribution in [3.8, 4) is 0 Å². The SMILES string of the molecule is CCC(C)(C)C(=O)NC(C(=O)O)c1cccs1. The minimum Gasteiger partial charge on any atom is -0.479 e. The summed E-state index contributed by atoms with van der Waals surface area (Å²) >= 11 is 1.32. The van der Waals surface area contributed by atoms with Gasteiger partial charge in [0.2, 0.25) is 5.91 Å². The highest BCUT2D eigenvalue weighted by Crippen LogP contribution is 2.24. The molecule has 0 fully saturated rings. The molecular formula is C12H17NO3S. The molecule has 0 aromatic carbocycles. The molecular weight excluding hydrogens is 238 g/mol. The maximum atomic E-state index is 11.9. The molecule has 5 heteroatoms. The van der Waals surface area contributed by atoms with Gasteiger partial charge < -0.3 is 10.4 Å². The van der Waals surface area contributed by atoms with Crippen molar-refractivity contribution in [1.82, 2.24) is 5.32 Å². The number of carbonyl (C=O) groups is 2. The lowest BCUT2D eigenvalue weighted by Crippen LogP contribution is -2.41. The predicted octanol–water partition coefficient (Wildman–Crippen LogP) is 2.43. The molecule has 17 heavy (non-hydrogen) atoms. The normalized spacial score (nSPS) is 13.1. The molecule has 0 aliphatic heterocycles. The quantitative estimate of drug-likeness (QED) is 0.849. The second kappa shape index (κ2) is 5.31. The molecule has 1 heterocycles. The van der Waals surface area contributed by atoms with Crippen LogP contribution >= 0.6 is 11.3 Å². The molecule has 4 nitrogen and oxygen atoms in total. The van der Waals surface area contributed by atoms with Crippen molar-refractivity contribution in [3.05, 3.63) is 22.4 Å². The van der Waals surface area contributed by atoms with Gasteiger partial charge in [-0.05, 0) is 17.9 Å². The first-order chi connectivity index (χ1) is 7.88. The Bertz CT molecular complexity index is 398. The number of carbonyl (C=O) groups excluding carboxylic acids is 1. The van der Waals surface area contributed by atoms with Crippen LogP contribution in [-0.2, 0) is 9.59 Å². The van der Waals surface area contributed by atoms with Crippen molar-refractivity contribution < 1.29 is 14.7 Å². The second-order valence-corrected chi connectivity index (χ2v) is 5.48. The van der Waals surface area contributed by atoms with E-state index in [4.69, 9.17) is 5.11 Å². The number of carboxylic acid groups (broad SMARTS) is 1. The molecule has 94 valence electrons. The van der Waals surface area contributed by atoms with Crippen LogP contribution in [-0.4, -0.2) is 17.0 Å². The van der Waals surface area contributed by atoms with Crippen LogP contribution < -0.4 is 5.32 Å². The molecule has 1 amide bonds. The zero-order valence-corrected chi connectivity index (χ0v) is 11.0. The molecule has 0 radical (unpaired) electrons. The lowest BCUT2D eigenvalue weighted by Gasteiger charge is -2.24. The summed E-state index contributed by atoms with van der Waals surface area (Å²) in [6.45, 7) is 5.51. The zero-order valence-electron chi connectivity index (χ0n) is 10.2. The molecule has 1 atom stereocenters. The molecule has 0 saturated heterocycles. The summed E-state index contributed by atoms with van der Waals surface area (Å²) in [6, 6.07) is 2.53. The van der Waals surface area contributed by atoms with Crippen LogP contribution in [0.2, 0.25) is 0 Å². The van der Waals surface area contributed by atoms with Crippen LogP contribution in [0.1, 0.15) is 38.1 Å². The zero-order chi connectivity index (χ0) is 13.1. The first kappa shape index (κ1) is 13.7. The van der Waals surface area contributed by atoms with Crippen LogP contribution in [0.15, 0.2) is 17.5 Å². The Kier molecular flexibility index (Phi) is 4.28. The number of nitrogens with one attached hydrogen (secondary N) is 1. The average molecular weight is 255 g/mol. The highest BCUT2D eigenvalue weighted by atomic mass is 32.1. The maximum Gasteiger partial charge on any atom is 0.331 e. The van der Waals surface area contributed by atoms with Crippen LogP contribution in [0.4, 0.5) is 0 Å².